The number of aromatic nitrogens is 2. The van der Waals surface area contributed by atoms with Gasteiger partial charge >= 0.3 is 5.97 Å². The van der Waals surface area contributed by atoms with Gasteiger partial charge in [-0.3, -0.25) is 9.69 Å². The first kappa shape index (κ1) is 10.7. The van der Waals surface area contributed by atoms with Crippen molar-refractivity contribution < 1.29 is 9.53 Å². The highest BCUT2D eigenvalue weighted by atomic mass is 16.5. The molecule has 0 aliphatic rings. The van der Waals surface area contributed by atoms with E-state index >= 15 is 0 Å². The van der Waals surface area contributed by atoms with Gasteiger partial charge in [-0.15, -0.1) is 0 Å². The number of hydrogen-bond acceptors (Lipinski definition) is 4. The summed E-state index contributed by atoms with van der Waals surface area (Å²) in [5, 5.41) is 0. The molecule has 1 heterocycles. The maximum Gasteiger partial charge on any atom is 0.319 e. The summed E-state index contributed by atoms with van der Waals surface area (Å²) in [5.74, 6) is 0.693. The molecule has 0 amide bonds. The molecule has 5 heteroatoms. The highest BCUT2D eigenvalue weighted by Crippen LogP contribution is 1.98. The molecule has 14 heavy (non-hydrogen) atoms. The van der Waals surface area contributed by atoms with E-state index in [1.807, 2.05) is 29.8 Å². The van der Waals surface area contributed by atoms with Crippen molar-refractivity contribution >= 4 is 5.97 Å². The van der Waals surface area contributed by atoms with E-state index in [-0.39, 0.29) is 12.5 Å². The molecule has 0 fully saturated rings. The Bertz CT molecular complexity index is 309. The van der Waals surface area contributed by atoms with Crippen LogP contribution in [0.15, 0.2) is 12.4 Å². The molecule has 0 saturated heterocycles. The normalized spacial score (nSPS) is 10.6. The van der Waals surface area contributed by atoms with E-state index in [0.29, 0.717) is 6.54 Å². The molecule has 0 saturated carbocycles. The lowest BCUT2D eigenvalue weighted by Crippen LogP contribution is -2.27. The van der Waals surface area contributed by atoms with Crippen molar-refractivity contribution in [1.82, 2.24) is 14.5 Å². The van der Waals surface area contributed by atoms with Gasteiger partial charge in [-0.2, -0.15) is 0 Å². The monoisotopic (exact) mass is 197 g/mol. The lowest BCUT2D eigenvalue weighted by Gasteiger charge is -2.14. The molecule has 5 nitrogen and oxygen atoms in total. The zero-order valence-electron chi connectivity index (χ0n) is 8.73. The van der Waals surface area contributed by atoms with E-state index in [2.05, 4.69) is 9.72 Å². The molecule has 0 aliphatic heterocycles. The van der Waals surface area contributed by atoms with Gasteiger partial charge in [0.2, 0.25) is 0 Å². The molecule has 1 aromatic heterocycles. The number of hydrogen-bond donors (Lipinski definition) is 0. The molecular formula is C9H15N3O2. The number of esters is 1. The van der Waals surface area contributed by atoms with Crippen LogP contribution in [0.5, 0.6) is 0 Å². The van der Waals surface area contributed by atoms with Gasteiger partial charge in [-0.25, -0.2) is 4.98 Å². The first-order chi connectivity index (χ1) is 6.63. The third-order valence-corrected chi connectivity index (χ3v) is 1.96. The number of carbonyl (C=O) groups is 1. The standard InChI is InChI=1S/C9H15N3O2/c1-11(7-9(13)14-3)6-8-10-4-5-12(8)2/h4-5H,6-7H2,1-3H3. The van der Waals surface area contributed by atoms with Crippen LogP contribution < -0.4 is 0 Å². The number of likely N-dealkylation sites (N-methyl/N-ethyl adjacent to an activating group) is 1. The molecule has 1 rings (SSSR count). The summed E-state index contributed by atoms with van der Waals surface area (Å²) in [6.07, 6.45) is 3.61. The minimum Gasteiger partial charge on any atom is -0.468 e. The second kappa shape index (κ2) is 4.76. The SMILES string of the molecule is COC(=O)CN(C)Cc1nccn1C. The summed E-state index contributed by atoms with van der Waals surface area (Å²) in [5.41, 5.74) is 0. The largest absolute Gasteiger partial charge is 0.468 e. The van der Waals surface area contributed by atoms with Gasteiger partial charge in [0, 0.05) is 19.4 Å². The average Bonchev–Trinajstić information content (AvgIpc) is 2.51. The first-order valence-electron chi connectivity index (χ1n) is 4.35. The van der Waals surface area contributed by atoms with E-state index < -0.39 is 0 Å². The summed E-state index contributed by atoms with van der Waals surface area (Å²) < 4.78 is 6.49. The van der Waals surface area contributed by atoms with Crippen molar-refractivity contribution in [3.8, 4) is 0 Å². The molecule has 0 aromatic carbocycles. The molecule has 0 atom stereocenters. The van der Waals surface area contributed by atoms with Gasteiger partial charge in [-0.1, -0.05) is 0 Å². The Labute approximate surface area is 83.3 Å². The Kier molecular flexibility index (Phi) is 3.64. The lowest BCUT2D eigenvalue weighted by molar-refractivity contribution is -0.141. The predicted molar refractivity (Wildman–Crippen MR) is 51.6 cm³/mol. The molecule has 0 spiro atoms. The number of methoxy groups -OCH3 is 1. The molecule has 0 N–H and O–H groups in total. The van der Waals surface area contributed by atoms with Crippen molar-refractivity contribution in [3.05, 3.63) is 18.2 Å². The van der Waals surface area contributed by atoms with Crippen molar-refractivity contribution in [2.45, 2.75) is 6.54 Å². The predicted octanol–water partition coefficient (Wildman–Crippen LogP) is 0.0249. The van der Waals surface area contributed by atoms with Crippen LogP contribution in [0.1, 0.15) is 5.82 Å². The maximum absolute atomic E-state index is 10.9. The van der Waals surface area contributed by atoms with E-state index in [0.717, 1.165) is 5.82 Å². The van der Waals surface area contributed by atoms with E-state index in [9.17, 15) is 4.79 Å². The summed E-state index contributed by atoms with van der Waals surface area (Å²) in [6.45, 7) is 0.919. The third kappa shape index (κ3) is 2.85. The van der Waals surface area contributed by atoms with Crippen molar-refractivity contribution in [2.24, 2.45) is 7.05 Å². The number of nitrogens with zero attached hydrogens (tertiary/aromatic N) is 3. The second-order valence-electron chi connectivity index (χ2n) is 3.20. The quantitative estimate of drug-likeness (QED) is 0.639. The summed E-state index contributed by atoms with van der Waals surface area (Å²) in [4.78, 5) is 17.0. The van der Waals surface area contributed by atoms with E-state index in [1.54, 1.807) is 6.20 Å². The van der Waals surface area contributed by atoms with Crippen LogP contribution in [0.25, 0.3) is 0 Å². The van der Waals surface area contributed by atoms with Gasteiger partial charge in [0.15, 0.2) is 0 Å². The van der Waals surface area contributed by atoms with Crippen LogP contribution in [0.3, 0.4) is 0 Å². The van der Waals surface area contributed by atoms with Crippen molar-refractivity contribution in [2.75, 3.05) is 20.7 Å². The minimum absolute atomic E-state index is 0.235. The molecule has 78 valence electrons. The zero-order chi connectivity index (χ0) is 10.6. The Morgan fingerprint density at radius 2 is 2.43 bits per heavy atom. The Morgan fingerprint density at radius 1 is 1.71 bits per heavy atom. The fraction of sp³-hybridized carbons (Fsp3) is 0.556. The molecule has 0 aliphatic carbocycles. The molecule has 0 bridgehead atoms. The lowest BCUT2D eigenvalue weighted by atomic mass is 10.5. The van der Waals surface area contributed by atoms with Crippen molar-refractivity contribution in [3.63, 3.8) is 0 Å². The number of ether oxygens (including phenoxy) is 1. The molecule has 1 aromatic rings. The van der Waals surface area contributed by atoms with Gasteiger partial charge in [0.05, 0.1) is 20.2 Å². The molecule has 0 radical (unpaired) electrons. The van der Waals surface area contributed by atoms with Crippen LogP contribution in [-0.4, -0.2) is 41.1 Å². The summed E-state index contributed by atoms with van der Waals surface area (Å²) in [7, 11) is 5.16. The first-order valence-corrected chi connectivity index (χ1v) is 4.35. The van der Waals surface area contributed by atoms with Gasteiger partial charge < -0.3 is 9.30 Å². The third-order valence-electron chi connectivity index (χ3n) is 1.96. The van der Waals surface area contributed by atoms with Gasteiger partial charge in [0.1, 0.15) is 5.82 Å². The van der Waals surface area contributed by atoms with Crippen LogP contribution in [0.2, 0.25) is 0 Å². The van der Waals surface area contributed by atoms with Crippen LogP contribution >= 0.6 is 0 Å². The highest BCUT2D eigenvalue weighted by molar-refractivity contribution is 5.71. The van der Waals surface area contributed by atoms with Gasteiger partial charge in [-0.05, 0) is 7.05 Å². The summed E-state index contributed by atoms with van der Waals surface area (Å²) >= 11 is 0. The van der Waals surface area contributed by atoms with Gasteiger partial charge in [0.25, 0.3) is 0 Å². The van der Waals surface area contributed by atoms with Crippen molar-refractivity contribution in [1.29, 1.82) is 0 Å². The molecule has 0 unspecified atom stereocenters. The number of imidazole rings is 1. The number of rotatable bonds is 4. The van der Waals surface area contributed by atoms with Crippen LogP contribution in [-0.2, 0) is 23.1 Å². The number of carbonyl (C=O) groups excluding carboxylic acids is 1. The van der Waals surface area contributed by atoms with E-state index in [1.165, 1.54) is 7.11 Å². The Balaban J connectivity index is 2.45. The van der Waals surface area contributed by atoms with Crippen LogP contribution in [0.4, 0.5) is 0 Å². The van der Waals surface area contributed by atoms with Crippen LogP contribution in [0, 0.1) is 0 Å². The fourth-order valence-electron chi connectivity index (χ4n) is 1.13. The smallest absolute Gasteiger partial charge is 0.319 e. The van der Waals surface area contributed by atoms with E-state index in [4.69, 9.17) is 0 Å². The average molecular weight is 197 g/mol. The maximum atomic E-state index is 10.9. The fourth-order valence-corrected chi connectivity index (χ4v) is 1.13. The Hall–Kier alpha value is -1.36. The topological polar surface area (TPSA) is 47.4 Å². The highest BCUT2D eigenvalue weighted by Gasteiger charge is 2.08. The Morgan fingerprint density at radius 3 is 2.93 bits per heavy atom. The summed E-state index contributed by atoms with van der Waals surface area (Å²) in [6, 6.07) is 0. The molecular weight excluding hydrogens is 182 g/mol. The second-order valence-corrected chi connectivity index (χ2v) is 3.20. The minimum atomic E-state index is -0.235. The number of aryl methyl sites for hydroxylation is 1. The zero-order valence-corrected chi connectivity index (χ0v) is 8.73.